The molecular formula is C15H17NO2S2. The summed E-state index contributed by atoms with van der Waals surface area (Å²) in [7, 11) is -3.46. The van der Waals surface area contributed by atoms with Gasteiger partial charge in [-0.05, 0) is 24.6 Å². The first-order chi connectivity index (χ1) is 9.54. The summed E-state index contributed by atoms with van der Waals surface area (Å²) in [6.07, 6.45) is 1.61. The highest BCUT2D eigenvalue weighted by Gasteiger charge is 2.25. The van der Waals surface area contributed by atoms with Gasteiger partial charge in [-0.15, -0.1) is 17.9 Å². The number of benzene rings is 1. The molecule has 0 radical (unpaired) electrons. The summed E-state index contributed by atoms with van der Waals surface area (Å²) < 4.78 is 27.1. The number of aryl methyl sites for hydroxylation is 1. The quantitative estimate of drug-likeness (QED) is 0.767. The van der Waals surface area contributed by atoms with Gasteiger partial charge in [-0.2, -0.15) is 4.31 Å². The molecule has 0 amide bonds. The van der Waals surface area contributed by atoms with Gasteiger partial charge >= 0.3 is 0 Å². The van der Waals surface area contributed by atoms with Crippen molar-refractivity contribution in [2.75, 3.05) is 6.54 Å². The van der Waals surface area contributed by atoms with E-state index >= 15 is 0 Å². The summed E-state index contributed by atoms with van der Waals surface area (Å²) in [5.41, 5.74) is 0.964. The van der Waals surface area contributed by atoms with E-state index in [9.17, 15) is 8.42 Å². The lowest BCUT2D eigenvalue weighted by Gasteiger charge is -2.19. The molecule has 1 aromatic carbocycles. The van der Waals surface area contributed by atoms with Crippen LogP contribution in [0.4, 0.5) is 0 Å². The molecule has 0 saturated heterocycles. The highest BCUT2D eigenvalue weighted by molar-refractivity contribution is 7.91. The van der Waals surface area contributed by atoms with Crippen LogP contribution in [0.3, 0.4) is 0 Å². The van der Waals surface area contributed by atoms with Crippen molar-refractivity contribution < 1.29 is 8.42 Å². The van der Waals surface area contributed by atoms with Crippen molar-refractivity contribution in [2.24, 2.45) is 0 Å². The third kappa shape index (κ3) is 3.36. The summed E-state index contributed by atoms with van der Waals surface area (Å²) in [5, 5.41) is 0. The Balaban J connectivity index is 2.30. The fourth-order valence-corrected chi connectivity index (χ4v) is 4.69. The lowest BCUT2D eigenvalue weighted by molar-refractivity contribution is 0.440. The molecule has 2 rings (SSSR count). The van der Waals surface area contributed by atoms with Crippen molar-refractivity contribution in [3.63, 3.8) is 0 Å². The van der Waals surface area contributed by atoms with E-state index in [1.165, 1.54) is 15.6 Å². The Labute approximate surface area is 124 Å². The normalized spacial score (nSPS) is 11.7. The molecule has 0 N–H and O–H groups in total. The molecular weight excluding hydrogens is 290 g/mol. The van der Waals surface area contributed by atoms with Crippen molar-refractivity contribution >= 4 is 21.4 Å². The molecule has 0 atom stereocenters. The number of sulfonamides is 1. The third-order valence-electron chi connectivity index (χ3n) is 2.84. The minimum absolute atomic E-state index is 0.300. The lowest BCUT2D eigenvalue weighted by atomic mass is 10.2. The zero-order valence-electron chi connectivity index (χ0n) is 11.3. The number of nitrogens with zero attached hydrogens (tertiary/aromatic N) is 1. The Bertz CT molecular complexity index is 675. The summed E-state index contributed by atoms with van der Waals surface area (Å²) in [4.78, 5) is 0.988. The van der Waals surface area contributed by atoms with E-state index in [1.54, 1.807) is 12.1 Å². The third-order valence-corrected chi connectivity index (χ3v) is 6.12. The van der Waals surface area contributed by atoms with Gasteiger partial charge in [0, 0.05) is 18.0 Å². The predicted molar refractivity (Wildman–Crippen MR) is 83.3 cm³/mol. The van der Waals surface area contributed by atoms with Gasteiger partial charge in [0.25, 0.3) is 10.0 Å². The largest absolute Gasteiger partial charge is 0.253 e. The van der Waals surface area contributed by atoms with Crippen LogP contribution in [0.1, 0.15) is 10.4 Å². The molecule has 0 unspecified atom stereocenters. The maximum absolute atomic E-state index is 12.6. The van der Waals surface area contributed by atoms with Crippen LogP contribution in [0.15, 0.2) is 59.3 Å². The molecule has 0 saturated carbocycles. The second-order valence-electron chi connectivity index (χ2n) is 4.44. The van der Waals surface area contributed by atoms with Crippen LogP contribution < -0.4 is 0 Å². The van der Waals surface area contributed by atoms with Gasteiger partial charge in [0.05, 0.1) is 0 Å². The molecule has 0 aliphatic rings. The maximum Gasteiger partial charge on any atom is 0.253 e. The van der Waals surface area contributed by atoms with Crippen LogP contribution in [-0.4, -0.2) is 19.3 Å². The van der Waals surface area contributed by atoms with E-state index in [0.29, 0.717) is 17.3 Å². The first kappa shape index (κ1) is 15.0. The number of hydrogen-bond donors (Lipinski definition) is 0. The smallest absolute Gasteiger partial charge is 0.206 e. The van der Waals surface area contributed by atoms with Gasteiger partial charge in [0.1, 0.15) is 4.21 Å². The molecule has 5 heteroatoms. The Hall–Kier alpha value is -1.43. The van der Waals surface area contributed by atoms with Crippen LogP contribution in [0, 0.1) is 6.92 Å². The second kappa shape index (κ2) is 6.35. The topological polar surface area (TPSA) is 37.4 Å². The predicted octanol–water partition coefficient (Wildman–Crippen LogP) is 3.43. The molecule has 0 aliphatic carbocycles. The first-order valence-corrected chi connectivity index (χ1v) is 8.51. The molecule has 20 heavy (non-hydrogen) atoms. The Kier molecular flexibility index (Phi) is 4.75. The monoisotopic (exact) mass is 307 g/mol. The van der Waals surface area contributed by atoms with E-state index in [0.717, 1.165) is 10.4 Å². The fourth-order valence-electron chi connectivity index (χ4n) is 1.86. The summed E-state index contributed by atoms with van der Waals surface area (Å²) in [5.74, 6) is 0. The average Bonchev–Trinajstić information content (AvgIpc) is 2.87. The zero-order chi connectivity index (χ0) is 14.6. The Morgan fingerprint density at radius 3 is 2.45 bits per heavy atom. The van der Waals surface area contributed by atoms with Gasteiger partial charge in [-0.25, -0.2) is 8.42 Å². The molecule has 0 bridgehead atoms. The maximum atomic E-state index is 12.6. The fraction of sp³-hybridized carbons (Fsp3) is 0.200. The van der Waals surface area contributed by atoms with Crippen molar-refractivity contribution in [3.05, 3.63) is 65.6 Å². The molecule has 0 spiro atoms. The number of rotatable bonds is 6. The SMILES string of the molecule is C=CCN(Cc1ccccc1)S(=O)(=O)c1ccc(C)s1. The van der Waals surface area contributed by atoms with Gasteiger partial charge in [0.15, 0.2) is 0 Å². The van der Waals surface area contributed by atoms with Gasteiger partial charge < -0.3 is 0 Å². The van der Waals surface area contributed by atoms with Crippen LogP contribution in [-0.2, 0) is 16.6 Å². The molecule has 2 aromatic rings. The molecule has 0 fully saturated rings. The average molecular weight is 307 g/mol. The Morgan fingerprint density at radius 1 is 1.20 bits per heavy atom. The van der Waals surface area contributed by atoms with Crippen molar-refractivity contribution in [1.29, 1.82) is 0 Å². The van der Waals surface area contributed by atoms with E-state index in [4.69, 9.17) is 0 Å². The van der Waals surface area contributed by atoms with E-state index < -0.39 is 10.0 Å². The molecule has 3 nitrogen and oxygen atoms in total. The highest BCUT2D eigenvalue weighted by Crippen LogP contribution is 2.25. The van der Waals surface area contributed by atoms with Gasteiger partial charge in [0.2, 0.25) is 0 Å². The Morgan fingerprint density at radius 2 is 1.90 bits per heavy atom. The summed E-state index contributed by atoms with van der Waals surface area (Å²) >= 11 is 1.30. The molecule has 1 heterocycles. The zero-order valence-corrected chi connectivity index (χ0v) is 13.0. The van der Waals surface area contributed by atoms with Crippen LogP contribution in [0.25, 0.3) is 0 Å². The van der Waals surface area contributed by atoms with Crippen LogP contribution in [0.2, 0.25) is 0 Å². The second-order valence-corrected chi connectivity index (χ2v) is 7.89. The van der Waals surface area contributed by atoms with Gasteiger partial charge in [-0.1, -0.05) is 36.4 Å². The van der Waals surface area contributed by atoms with Crippen molar-refractivity contribution in [3.8, 4) is 0 Å². The van der Waals surface area contributed by atoms with E-state index in [1.807, 2.05) is 43.3 Å². The number of thiophene rings is 1. The van der Waals surface area contributed by atoms with Crippen LogP contribution >= 0.6 is 11.3 Å². The van der Waals surface area contributed by atoms with Gasteiger partial charge in [-0.3, -0.25) is 0 Å². The lowest BCUT2D eigenvalue weighted by Crippen LogP contribution is -2.30. The first-order valence-electron chi connectivity index (χ1n) is 6.25. The van der Waals surface area contributed by atoms with E-state index in [2.05, 4.69) is 6.58 Å². The highest BCUT2D eigenvalue weighted by atomic mass is 32.2. The summed E-state index contributed by atoms with van der Waals surface area (Å²) in [6, 6.07) is 13.1. The van der Waals surface area contributed by atoms with Crippen LogP contribution in [0.5, 0.6) is 0 Å². The standard InChI is InChI=1S/C15H17NO2S2/c1-3-11-16(12-14-7-5-4-6-8-14)20(17,18)15-10-9-13(2)19-15/h3-10H,1,11-12H2,2H3. The van der Waals surface area contributed by atoms with Crippen molar-refractivity contribution in [2.45, 2.75) is 17.7 Å². The molecule has 0 aliphatic heterocycles. The van der Waals surface area contributed by atoms with Crippen molar-refractivity contribution in [1.82, 2.24) is 4.31 Å². The minimum atomic E-state index is -3.46. The minimum Gasteiger partial charge on any atom is -0.206 e. The van der Waals surface area contributed by atoms with E-state index in [-0.39, 0.29) is 0 Å². The number of hydrogen-bond acceptors (Lipinski definition) is 3. The summed E-state index contributed by atoms with van der Waals surface area (Å²) in [6.45, 7) is 6.21. The molecule has 1 aromatic heterocycles. The molecule has 106 valence electrons.